The van der Waals surface area contributed by atoms with E-state index in [2.05, 4.69) is 0 Å². The summed E-state index contributed by atoms with van der Waals surface area (Å²) in [5.41, 5.74) is 0. The first-order valence-electron chi connectivity index (χ1n) is 9.80. The van der Waals surface area contributed by atoms with Crippen LogP contribution in [0.1, 0.15) is 27.7 Å². The smallest absolute Gasteiger partial charge is 0.335 e. The highest BCUT2D eigenvalue weighted by atomic mass is 16.7. The van der Waals surface area contributed by atoms with Crippen LogP contribution in [0.2, 0.25) is 0 Å². The molecule has 0 bridgehead atoms. The molecule has 10 atom stereocenters. The number of carbonyl (C=O) groups is 2. The van der Waals surface area contributed by atoms with Gasteiger partial charge in [0.25, 0.3) is 0 Å². The molecule has 0 aromatic rings. The predicted molar refractivity (Wildman–Crippen MR) is 97.7 cm³/mol. The summed E-state index contributed by atoms with van der Waals surface area (Å²) < 4.78 is 26.4. The van der Waals surface area contributed by atoms with Crippen LogP contribution in [0.15, 0.2) is 0 Å². The van der Waals surface area contributed by atoms with Crippen LogP contribution in [-0.4, -0.2) is 116 Å². The van der Waals surface area contributed by atoms with Gasteiger partial charge in [-0.3, -0.25) is 0 Å². The van der Waals surface area contributed by atoms with Gasteiger partial charge >= 0.3 is 11.9 Å². The Morgan fingerprint density at radius 1 is 0.677 bits per heavy atom. The maximum atomic E-state index is 11.7. The van der Waals surface area contributed by atoms with Gasteiger partial charge in [0.15, 0.2) is 24.8 Å². The van der Waals surface area contributed by atoms with Crippen molar-refractivity contribution in [3.05, 3.63) is 0 Å². The molecule has 0 aliphatic carbocycles. The van der Waals surface area contributed by atoms with E-state index in [-0.39, 0.29) is 0 Å². The van der Waals surface area contributed by atoms with E-state index in [1.165, 1.54) is 0 Å². The molecule has 0 saturated carbocycles. The summed E-state index contributed by atoms with van der Waals surface area (Å²) in [5.74, 6) is -3.10. The van der Waals surface area contributed by atoms with Crippen molar-refractivity contribution in [3.63, 3.8) is 0 Å². The summed E-state index contributed by atoms with van der Waals surface area (Å²) in [6, 6.07) is 0. The fourth-order valence-corrected chi connectivity index (χ4v) is 3.34. The molecule has 0 amide bonds. The van der Waals surface area contributed by atoms with Crippen molar-refractivity contribution in [2.75, 3.05) is 0 Å². The summed E-state index contributed by atoms with van der Waals surface area (Å²) in [4.78, 5) is 23.3. The normalized spacial score (nSPS) is 41.5. The number of rotatable bonds is 8. The lowest BCUT2D eigenvalue weighted by atomic mass is 9.96. The van der Waals surface area contributed by atoms with Crippen LogP contribution in [0.5, 0.6) is 0 Å². The molecule has 0 aromatic heterocycles. The Bertz CT molecular complexity index is 626. The van der Waals surface area contributed by atoms with Gasteiger partial charge in [0.1, 0.15) is 36.6 Å². The summed E-state index contributed by atoms with van der Waals surface area (Å²) >= 11 is 0. The predicted octanol–water partition coefficient (Wildman–Crippen LogP) is -2.35. The minimum Gasteiger partial charge on any atom is -0.479 e. The van der Waals surface area contributed by atoms with Crippen LogP contribution < -0.4 is 0 Å². The first-order chi connectivity index (χ1) is 14.3. The van der Waals surface area contributed by atoms with Crippen molar-refractivity contribution in [2.24, 2.45) is 0 Å². The molecule has 180 valence electrons. The van der Waals surface area contributed by atoms with E-state index >= 15 is 0 Å². The Hall–Kier alpha value is -1.42. The monoisotopic (exact) mass is 454 g/mol. The fourth-order valence-electron chi connectivity index (χ4n) is 3.34. The summed E-state index contributed by atoms with van der Waals surface area (Å²) in [5, 5.41) is 60.3. The topological polar surface area (TPSA) is 202 Å². The molecule has 2 rings (SSSR count). The van der Waals surface area contributed by atoms with E-state index in [4.69, 9.17) is 23.7 Å². The third-order valence-corrected chi connectivity index (χ3v) is 4.70. The van der Waals surface area contributed by atoms with Crippen LogP contribution >= 0.6 is 0 Å². The van der Waals surface area contributed by atoms with E-state index < -0.39 is 85.6 Å². The molecule has 6 N–H and O–H groups in total. The molecule has 13 nitrogen and oxygen atoms in total. The Balaban J connectivity index is 2.24. The summed E-state index contributed by atoms with van der Waals surface area (Å²) in [6.45, 7) is 6.39. The van der Waals surface area contributed by atoms with Crippen molar-refractivity contribution >= 4 is 11.9 Å². The highest BCUT2D eigenvalue weighted by molar-refractivity contribution is 5.74. The van der Waals surface area contributed by atoms with E-state index in [0.29, 0.717) is 0 Å². The average Bonchev–Trinajstić information content (AvgIpc) is 2.65. The highest BCUT2D eigenvalue weighted by Gasteiger charge is 2.54. The minimum absolute atomic E-state index is 0.466. The number of hydrogen-bond donors (Lipinski definition) is 6. The van der Waals surface area contributed by atoms with Gasteiger partial charge in [-0.15, -0.1) is 0 Å². The second-order valence-corrected chi connectivity index (χ2v) is 7.92. The van der Waals surface area contributed by atoms with Crippen molar-refractivity contribution < 1.29 is 63.9 Å². The molecule has 2 saturated heterocycles. The third kappa shape index (κ3) is 5.88. The molecule has 2 heterocycles. The maximum Gasteiger partial charge on any atom is 0.335 e. The van der Waals surface area contributed by atoms with Gasteiger partial charge in [0.05, 0.1) is 12.2 Å². The van der Waals surface area contributed by atoms with Crippen LogP contribution in [-0.2, 0) is 33.3 Å². The molecule has 13 heteroatoms. The lowest BCUT2D eigenvalue weighted by molar-refractivity contribution is -0.355. The Morgan fingerprint density at radius 2 is 1.10 bits per heavy atom. The minimum atomic E-state index is -1.87. The highest BCUT2D eigenvalue weighted by Crippen LogP contribution is 2.31. The van der Waals surface area contributed by atoms with E-state index in [9.17, 15) is 40.2 Å². The average molecular weight is 454 g/mol. The molecule has 31 heavy (non-hydrogen) atoms. The number of ether oxygens (including phenoxy) is 5. The molecule has 0 aromatic carbocycles. The first kappa shape index (κ1) is 25.8. The van der Waals surface area contributed by atoms with Gasteiger partial charge in [-0.05, 0) is 27.7 Å². The quantitative estimate of drug-likeness (QED) is 0.228. The van der Waals surface area contributed by atoms with Gasteiger partial charge in [-0.2, -0.15) is 0 Å². The Labute approximate surface area is 178 Å². The SMILES string of the molecule is CC(C)OC1OC(C(=O)O)[C@@H](OC2OC(C(=O)O)[C@@H](OC(C)C)[C@H](O)C2O)[C@H](O)C1O. The standard InChI is InChI=1S/C18H30O13/c1-5(2)27-11-7(19)10(22)18(31-13(11)15(23)24)29-12-8(20)9(21)17(28-6(3)4)30-14(12)16(25)26/h5-14,17-22H,1-4H3,(H,23,24)(H,25,26)/t7-,8-,9?,10?,11+,12+,13?,14?,17?,18?/m1/s1. The van der Waals surface area contributed by atoms with E-state index in [1.807, 2.05) is 0 Å². The molecule has 2 aliphatic rings. The molecular weight excluding hydrogens is 424 g/mol. The Morgan fingerprint density at radius 3 is 1.58 bits per heavy atom. The van der Waals surface area contributed by atoms with Crippen molar-refractivity contribution in [1.29, 1.82) is 0 Å². The third-order valence-electron chi connectivity index (χ3n) is 4.70. The second-order valence-electron chi connectivity index (χ2n) is 7.92. The van der Waals surface area contributed by atoms with Crippen LogP contribution in [0.25, 0.3) is 0 Å². The first-order valence-corrected chi connectivity index (χ1v) is 9.80. The maximum absolute atomic E-state index is 11.7. The second kappa shape index (κ2) is 10.5. The lowest BCUT2D eigenvalue weighted by Gasteiger charge is -2.45. The van der Waals surface area contributed by atoms with Crippen molar-refractivity contribution in [2.45, 2.75) is 101 Å². The van der Waals surface area contributed by atoms with Gasteiger partial charge in [0, 0.05) is 0 Å². The zero-order valence-electron chi connectivity index (χ0n) is 17.5. The van der Waals surface area contributed by atoms with E-state index in [1.54, 1.807) is 27.7 Å². The number of carboxylic acids is 2. The number of aliphatic hydroxyl groups is 4. The number of aliphatic carboxylic acids is 2. The number of carboxylic acid groups (broad SMARTS) is 2. The summed E-state index contributed by atoms with van der Waals surface area (Å²) in [6.07, 6.45) is -18.4. The van der Waals surface area contributed by atoms with Gasteiger partial charge < -0.3 is 54.3 Å². The van der Waals surface area contributed by atoms with Crippen LogP contribution in [0.4, 0.5) is 0 Å². The largest absolute Gasteiger partial charge is 0.479 e. The molecule has 0 spiro atoms. The lowest BCUT2D eigenvalue weighted by Crippen LogP contribution is -2.66. The van der Waals surface area contributed by atoms with Gasteiger partial charge in [-0.25, -0.2) is 9.59 Å². The zero-order chi connectivity index (χ0) is 23.6. The Kier molecular flexibility index (Phi) is 8.72. The molecule has 2 fully saturated rings. The molecule has 6 unspecified atom stereocenters. The van der Waals surface area contributed by atoms with E-state index in [0.717, 1.165) is 0 Å². The van der Waals surface area contributed by atoms with Crippen molar-refractivity contribution in [1.82, 2.24) is 0 Å². The number of aliphatic hydroxyl groups excluding tert-OH is 4. The van der Waals surface area contributed by atoms with Crippen molar-refractivity contribution in [3.8, 4) is 0 Å². The zero-order valence-corrected chi connectivity index (χ0v) is 17.5. The number of hydrogen-bond acceptors (Lipinski definition) is 11. The summed E-state index contributed by atoms with van der Waals surface area (Å²) in [7, 11) is 0. The fraction of sp³-hybridized carbons (Fsp3) is 0.889. The molecular formula is C18H30O13. The molecule has 0 radical (unpaired) electrons. The van der Waals surface area contributed by atoms with Crippen LogP contribution in [0, 0.1) is 0 Å². The van der Waals surface area contributed by atoms with Gasteiger partial charge in [0.2, 0.25) is 0 Å². The molecule has 2 aliphatic heterocycles. The van der Waals surface area contributed by atoms with Gasteiger partial charge in [-0.1, -0.05) is 0 Å². The van der Waals surface area contributed by atoms with Crippen LogP contribution in [0.3, 0.4) is 0 Å².